The van der Waals surface area contributed by atoms with E-state index < -0.39 is 0 Å². The highest BCUT2D eigenvalue weighted by Crippen LogP contribution is 2.21. The van der Waals surface area contributed by atoms with Crippen LogP contribution < -0.4 is 0 Å². The molecule has 0 amide bonds. The monoisotopic (exact) mass is 179 g/mol. The first kappa shape index (κ1) is 9.01. The van der Waals surface area contributed by atoms with E-state index in [2.05, 4.69) is 16.0 Å². The lowest BCUT2D eigenvalue weighted by atomic mass is 10.4. The predicted octanol–water partition coefficient (Wildman–Crippen LogP) is 1.87. The van der Waals surface area contributed by atoms with Gasteiger partial charge in [0.2, 0.25) is 0 Å². The summed E-state index contributed by atoms with van der Waals surface area (Å²) in [4.78, 5) is 7.81. The van der Waals surface area contributed by atoms with Crippen molar-refractivity contribution < 1.29 is 0 Å². The van der Waals surface area contributed by atoms with Crippen LogP contribution in [0.3, 0.4) is 0 Å². The van der Waals surface area contributed by atoms with E-state index >= 15 is 0 Å². The fourth-order valence-electron chi connectivity index (χ4n) is 0.695. The van der Waals surface area contributed by atoms with Crippen LogP contribution in [0.4, 0.5) is 0 Å². The summed E-state index contributed by atoms with van der Waals surface area (Å²) in [5.74, 6) is 0. The SMILES string of the molecule is CCC(C#N)Sc1ccncn1. The Morgan fingerprint density at radius 1 is 1.75 bits per heavy atom. The van der Waals surface area contributed by atoms with Crippen LogP contribution in [0.5, 0.6) is 0 Å². The molecular weight excluding hydrogens is 170 g/mol. The van der Waals surface area contributed by atoms with Crippen molar-refractivity contribution in [2.45, 2.75) is 23.6 Å². The van der Waals surface area contributed by atoms with E-state index in [4.69, 9.17) is 5.26 Å². The molecule has 3 nitrogen and oxygen atoms in total. The van der Waals surface area contributed by atoms with Crippen molar-refractivity contribution in [1.29, 1.82) is 5.26 Å². The largest absolute Gasteiger partial charge is 0.245 e. The molecule has 0 bridgehead atoms. The standard InChI is InChI=1S/C8H9N3S/c1-2-7(5-9)12-8-3-4-10-6-11-8/h3-4,6-7H,2H2,1H3. The summed E-state index contributed by atoms with van der Waals surface area (Å²) in [5, 5.41) is 9.53. The Morgan fingerprint density at radius 2 is 2.58 bits per heavy atom. The van der Waals surface area contributed by atoms with Crippen molar-refractivity contribution >= 4 is 11.8 Å². The Bertz CT molecular complexity index is 267. The molecule has 0 spiro atoms. The number of thioether (sulfide) groups is 1. The van der Waals surface area contributed by atoms with Gasteiger partial charge in [-0.05, 0) is 12.5 Å². The van der Waals surface area contributed by atoms with E-state index in [9.17, 15) is 0 Å². The lowest BCUT2D eigenvalue weighted by Gasteiger charge is -2.02. The van der Waals surface area contributed by atoms with Crippen LogP contribution in [0.1, 0.15) is 13.3 Å². The molecule has 1 rings (SSSR count). The van der Waals surface area contributed by atoms with Gasteiger partial charge in [-0.3, -0.25) is 0 Å². The molecule has 1 unspecified atom stereocenters. The zero-order chi connectivity index (χ0) is 8.81. The average molecular weight is 179 g/mol. The quantitative estimate of drug-likeness (QED) is 0.525. The minimum absolute atomic E-state index is 0.0000926. The molecule has 0 fully saturated rings. The zero-order valence-electron chi connectivity index (χ0n) is 6.77. The first-order valence-corrected chi connectivity index (χ1v) is 4.57. The van der Waals surface area contributed by atoms with E-state index in [0.29, 0.717) is 0 Å². The Hall–Kier alpha value is -1.08. The topological polar surface area (TPSA) is 49.6 Å². The summed E-state index contributed by atoms with van der Waals surface area (Å²) in [5.41, 5.74) is 0. The molecule has 1 aromatic heterocycles. The summed E-state index contributed by atoms with van der Waals surface area (Å²) in [6, 6.07) is 4.01. The van der Waals surface area contributed by atoms with Crippen LogP contribution in [0.15, 0.2) is 23.6 Å². The smallest absolute Gasteiger partial charge is 0.116 e. The van der Waals surface area contributed by atoms with Crippen molar-refractivity contribution in [2.24, 2.45) is 0 Å². The van der Waals surface area contributed by atoms with Crippen LogP contribution in [-0.2, 0) is 0 Å². The van der Waals surface area contributed by atoms with Crippen molar-refractivity contribution in [3.63, 3.8) is 0 Å². The van der Waals surface area contributed by atoms with Crippen molar-refractivity contribution in [2.75, 3.05) is 0 Å². The summed E-state index contributed by atoms with van der Waals surface area (Å²) < 4.78 is 0. The Kier molecular flexibility index (Phi) is 3.55. The summed E-state index contributed by atoms with van der Waals surface area (Å²) in [6.07, 6.45) is 4.01. The van der Waals surface area contributed by atoms with Crippen LogP contribution in [0.2, 0.25) is 0 Å². The minimum atomic E-state index is -0.0000926. The van der Waals surface area contributed by atoms with Crippen LogP contribution in [0.25, 0.3) is 0 Å². The molecule has 0 aromatic carbocycles. The molecule has 0 saturated carbocycles. The maximum Gasteiger partial charge on any atom is 0.116 e. The lowest BCUT2D eigenvalue weighted by Crippen LogP contribution is -1.96. The van der Waals surface area contributed by atoms with Gasteiger partial charge in [-0.1, -0.05) is 18.7 Å². The van der Waals surface area contributed by atoms with Gasteiger partial charge in [0, 0.05) is 6.20 Å². The fraction of sp³-hybridized carbons (Fsp3) is 0.375. The third-order valence-corrected chi connectivity index (χ3v) is 2.54. The molecular formula is C8H9N3S. The number of hydrogen-bond donors (Lipinski definition) is 0. The normalized spacial score (nSPS) is 12.0. The summed E-state index contributed by atoms with van der Waals surface area (Å²) in [7, 11) is 0. The fourth-order valence-corrected chi connectivity index (χ4v) is 1.45. The van der Waals surface area contributed by atoms with E-state index in [1.165, 1.54) is 18.1 Å². The highest BCUT2D eigenvalue weighted by molar-refractivity contribution is 8.00. The van der Waals surface area contributed by atoms with Gasteiger partial charge in [0.05, 0.1) is 11.3 Å². The molecule has 12 heavy (non-hydrogen) atoms. The lowest BCUT2D eigenvalue weighted by molar-refractivity contribution is 0.970. The molecule has 1 atom stereocenters. The van der Waals surface area contributed by atoms with Gasteiger partial charge >= 0.3 is 0 Å². The maximum atomic E-state index is 8.67. The van der Waals surface area contributed by atoms with Gasteiger partial charge in [-0.15, -0.1) is 0 Å². The Morgan fingerprint density at radius 3 is 3.08 bits per heavy atom. The number of nitrogens with zero attached hydrogens (tertiary/aromatic N) is 3. The number of hydrogen-bond acceptors (Lipinski definition) is 4. The van der Waals surface area contributed by atoms with Crippen molar-refractivity contribution in [3.8, 4) is 6.07 Å². The molecule has 0 aliphatic rings. The van der Waals surface area contributed by atoms with Gasteiger partial charge in [0.1, 0.15) is 11.4 Å². The van der Waals surface area contributed by atoms with E-state index in [1.54, 1.807) is 6.20 Å². The third-order valence-electron chi connectivity index (χ3n) is 1.33. The highest BCUT2D eigenvalue weighted by Gasteiger charge is 2.06. The zero-order valence-corrected chi connectivity index (χ0v) is 7.58. The molecule has 0 N–H and O–H groups in total. The van der Waals surface area contributed by atoms with Crippen LogP contribution in [0, 0.1) is 11.3 Å². The second-order valence-electron chi connectivity index (χ2n) is 2.19. The number of nitriles is 1. The first-order chi connectivity index (χ1) is 5.86. The molecule has 4 heteroatoms. The van der Waals surface area contributed by atoms with E-state index in [0.717, 1.165) is 11.4 Å². The number of aromatic nitrogens is 2. The average Bonchev–Trinajstić information content (AvgIpc) is 2.16. The van der Waals surface area contributed by atoms with Gasteiger partial charge in [-0.2, -0.15) is 5.26 Å². The molecule has 1 heterocycles. The van der Waals surface area contributed by atoms with Gasteiger partial charge in [0.15, 0.2) is 0 Å². The van der Waals surface area contributed by atoms with E-state index in [1.807, 2.05) is 13.0 Å². The molecule has 62 valence electrons. The molecule has 0 aliphatic carbocycles. The van der Waals surface area contributed by atoms with Gasteiger partial charge in [0.25, 0.3) is 0 Å². The Labute approximate surface area is 75.8 Å². The Balaban J connectivity index is 2.58. The second kappa shape index (κ2) is 4.73. The molecule has 0 radical (unpaired) electrons. The molecule has 0 aliphatic heterocycles. The molecule has 0 saturated heterocycles. The maximum absolute atomic E-state index is 8.67. The van der Waals surface area contributed by atoms with Gasteiger partial charge in [-0.25, -0.2) is 9.97 Å². The minimum Gasteiger partial charge on any atom is -0.245 e. The highest BCUT2D eigenvalue weighted by atomic mass is 32.2. The summed E-state index contributed by atoms with van der Waals surface area (Å²) in [6.45, 7) is 1.99. The van der Waals surface area contributed by atoms with Crippen molar-refractivity contribution in [1.82, 2.24) is 9.97 Å². The first-order valence-electron chi connectivity index (χ1n) is 3.69. The number of rotatable bonds is 3. The van der Waals surface area contributed by atoms with E-state index in [-0.39, 0.29) is 5.25 Å². The molecule has 1 aromatic rings. The summed E-state index contributed by atoms with van der Waals surface area (Å²) >= 11 is 1.48. The van der Waals surface area contributed by atoms with Crippen LogP contribution in [-0.4, -0.2) is 15.2 Å². The third kappa shape index (κ3) is 2.51. The predicted molar refractivity (Wildman–Crippen MR) is 47.6 cm³/mol. The van der Waals surface area contributed by atoms with Crippen molar-refractivity contribution in [3.05, 3.63) is 18.6 Å². The van der Waals surface area contributed by atoms with Gasteiger partial charge < -0.3 is 0 Å². The second-order valence-corrected chi connectivity index (χ2v) is 3.41. The van der Waals surface area contributed by atoms with Crippen LogP contribution >= 0.6 is 11.8 Å².